The Morgan fingerprint density at radius 2 is 1.84 bits per heavy atom. The molecule has 6 heteroatoms. The molecule has 4 rings (SSSR count). The standard InChI is InChI=1S/C26H25N3O2S/c1-4-20-14-15-25(32-20)17(3)28-29-26(30)22-16-24(27-23-9-7-6-8-21(22)23)18-10-12-19(13-11-18)31-5-2/h6-16H,4-5H2,1-3H3,(H,29,30). The van der Waals surface area contributed by atoms with Gasteiger partial charge in [-0.3, -0.25) is 4.79 Å². The minimum absolute atomic E-state index is 0.262. The average molecular weight is 444 g/mol. The molecule has 2 aromatic carbocycles. The molecule has 2 aromatic heterocycles. The number of hydrogen-bond acceptors (Lipinski definition) is 5. The van der Waals surface area contributed by atoms with Crippen LogP contribution in [0.2, 0.25) is 0 Å². The molecule has 32 heavy (non-hydrogen) atoms. The number of nitrogens with one attached hydrogen (secondary N) is 1. The van der Waals surface area contributed by atoms with Gasteiger partial charge in [-0.05, 0) is 68.8 Å². The summed E-state index contributed by atoms with van der Waals surface area (Å²) < 4.78 is 5.53. The highest BCUT2D eigenvalue weighted by molar-refractivity contribution is 7.14. The van der Waals surface area contributed by atoms with Gasteiger partial charge >= 0.3 is 0 Å². The van der Waals surface area contributed by atoms with E-state index in [1.807, 2.05) is 74.5 Å². The summed E-state index contributed by atoms with van der Waals surface area (Å²) in [5.74, 6) is 0.544. The van der Waals surface area contributed by atoms with E-state index in [9.17, 15) is 4.79 Å². The molecule has 0 radical (unpaired) electrons. The zero-order valence-electron chi connectivity index (χ0n) is 18.4. The summed E-state index contributed by atoms with van der Waals surface area (Å²) in [7, 11) is 0. The third-order valence-corrected chi connectivity index (χ3v) is 6.45. The number of benzene rings is 2. The van der Waals surface area contributed by atoms with Gasteiger partial charge in [0.25, 0.3) is 5.91 Å². The molecule has 2 heterocycles. The van der Waals surface area contributed by atoms with Crippen molar-refractivity contribution in [1.29, 1.82) is 0 Å². The van der Waals surface area contributed by atoms with Crippen LogP contribution in [0, 0.1) is 0 Å². The van der Waals surface area contributed by atoms with E-state index in [0.717, 1.165) is 44.9 Å². The second kappa shape index (κ2) is 9.75. The van der Waals surface area contributed by atoms with Gasteiger partial charge in [0.05, 0.1) is 34.0 Å². The highest BCUT2D eigenvalue weighted by atomic mass is 32.1. The van der Waals surface area contributed by atoms with Gasteiger partial charge in [-0.1, -0.05) is 25.1 Å². The molecule has 0 unspecified atom stereocenters. The number of aromatic nitrogens is 1. The van der Waals surface area contributed by atoms with Crippen LogP contribution in [-0.2, 0) is 6.42 Å². The lowest BCUT2D eigenvalue weighted by molar-refractivity contribution is 0.0956. The molecule has 1 amide bonds. The zero-order chi connectivity index (χ0) is 22.5. The van der Waals surface area contributed by atoms with Gasteiger partial charge < -0.3 is 4.74 Å². The minimum Gasteiger partial charge on any atom is -0.494 e. The number of carbonyl (C=O) groups excluding carboxylic acids is 1. The van der Waals surface area contributed by atoms with Gasteiger partial charge in [0.15, 0.2) is 0 Å². The molecule has 0 saturated heterocycles. The van der Waals surface area contributed by atoms with E-state index < -0.39 is 0 Å². The van der Waals surface area contributed by atoms with Gasteiger partial charge in [-0.25, -0.2) is 10.4 Å². The lowest BCUT2D eigenvalue weighted by Gasteiger charge is -2.10. The van der Waals surface area contributed by atoms with Crippen molar-refractivity contribution in [2.45, 2.75) is 27.2 Å². The second-order valence-corrected chi connectivity index (χ2v) is 8.46. The fourth-order valence-electron chi connectivity index (χ4n) is 3.41. The van der Waals surface area contributed by atoms with Crippen molar-refractivity contribution in [2.75, 3.05) is 6.61 Å². The Labute approximate surface area is 191 Å². The van der Waals surface area contributed by atoms with E-state index >= 15 is 0 Å². The smallest absolute Gasteiger partial charge is 0.272 e. The van der Waals surface area contributed by atoms with Crippen molar-refractivity contribution < 1.29 is 9.53 Å². The Morgan fingerprint density at radius 3 is 2.56 bits per heavy atom. The van der Waals surface area contributed by atoms with Crippen LogP contribution in [0.15, 0.2) is 71.8 Å². The van der Waals surface area contributed by atoms with Crippen LogP contribution >= 0.6 is 11.3 Å². The summed E-state index contributed by atoms with van der Waals surface area (Å²) in [5.41, 5.74) is 6.45. The maximum absolute atomic E-state index is 13.1. The molecule has 0 saturated carbocycles. The first-order chi connectivity index (χ1) is 15.6. The van der Waals surface area contributed by atoms with Crippen molar-refractivity contribution in [3.05, 3.63) is 82.0 Å². The predicted octanol–water partition coefficient (Wildman–Crippen LogP) is 6.08. The van der Waals surface area contributed by atoms with Crippen LogP contribution in [0.25, 0.3) is 22.2 Å². The van der Waals surface area contributed by atoms with Crippen molar-refractivity contribution in [2.24, 2.45) is 5.10 Å². The molecule has 0 aliphatic carbocycles. The fourth-order valence-corrected chi connectivity index (χ4v) is 4.30. The van der Waals surface area contributed by atoms with Gasteiger partial charge in [0, 0.05) is 15.8 Å². The van der Waals surface area contributed by atoms with Gasteiger partial charge in [0.2, 0.25) is 0 Å². The van der Waals surface area contributed by atoms with E-state index in [2.05, 4.69) is 23.5 Å². The lowest BCUT2D eigenvalue weighted by Crippen LogP contribution is -2.19. The van der Waals surface area contributed by atoms with Gasteiger partial charge in [0.1, 0.15) is 5.75 Å². The molecule has 1 N–H and O–H groups in total. The van der Waals surface area contributed by atoms with Crippen LogP contribution in [0.4, 0.5) is 0 Å². The van der Waals surface area contributed by atoms with Crippen LogP contribution in [-0.4, -0.2) is 23.2 Å². The van der Waals surface area contributed by atoms with E-state index in [1.165, 1.54) is 4.88 Å². The van der Waals surface area contributed by atoms with Gasteiger partial charge in [-0.15, -0.1) is 11.3 Å². The first-order valence-electron chi connectivity index (χ1n) is 10.7. The Bertz CT molecular complexity index is 1280. The van der Waals surface area contributed by atoms with E-state index in [-0.39, 0.29) is 5.91 Å². The number of para-hydroxylation sites is 1. The van der Waals surface area contributed by atoms with E-state index in [4.69, 9.17) is 9.72 Å². The fraction of sp³-hybridized carbons (Fsp3) is 0.192. The Hall–Kier alpha value is -3.51. The number of hydrazone groups is 1. The average Bonchev–Trinajstić information content (AvgIpc) is 3.32. The van der Waals surface area contributed by atoms with Crippen LogP contribution < -0.4 is 10.2 Å². The number of thiophene rings is 1. The highest BCUT2D eigenvalue weighted by Gasteiger charge is 2.14. The third-order valence-electron chi connectivity index (χ3n) is 5.11. The number of amides is 1. The molecule has 0 atom stereocenters. The Morgan fingerprint density at radius 1 is 1.06 bits per heavy atom. The molecule has 0 spiro atoms. The number of carbonyl (C=O) groups is 1. The van der Waals surface area contributed by atoms with Crippen LogP contribution in [0.1, 0.15) is 40.9 Å². The van der Waals surface area contributed by atoms with Crippen molar-refractivity contribution in [1.82, 2.24) is 10.4 Å². The predicted molar refractivity (Wildman–Crippen MR) is 132 cm³/mol. The number of hydrogen-bond donors (Lipinski definition) is 1. The van der Waals surface area contributed by atoms with Crippen molar-refractivity contribution in [3.63, 3.8) is 0 Å². The maximum atomic E-state index is 13.1. The molecule has 0 aliphatic rings. The summed E-state index contributed by atoms with van der Waals surface area (Å²) in [4.78, 5) is 20.2. The third kappa shape index (κ3) is 4.70. The lowest BCUT2D eigenvalue weighted by atomic mass is 10.0. The molecule has 0 aliphatic heterocycles. The van der Waals surface area contributed by atoms with E-state index in [1.54, 1.807) is 11.3 Å². The Kier molecular flexibility index (Phi) is 6.61. The summed E-state index contributed by atoms with van der Waals surface area (Å²) in [5, 5.41) is 5.14. The number of ether oxygens (including phenoxy) is 1. The number of aryl methyl sites for hydroxylation is 1. The minimum atomic E-state index is -0.262. The van der Waals surface area contributed by atoms with E-state index in [0.29, 0.717) is 12.2 Å². The highest BCUT2D eigenvalue weighted by Crippen LogP contribution is 2.26. The SMILES string of the molecule is CCOc1ccc(-c2cc(C(=O)NN=C(C)c3ccc(CC)s3)c3ccccc3n2)cc1. The Balaban J connectivity index is 1.66. The molecule has 0 bridgehead atoms. The summed E-state index contributed by atoms with van der Waals surface area (Å²) >= 11 is 1.69. The van der Waals surface area contributed by atoms with Crippen molar-refractivity contribution in [3.8, 4) is 17.0 Å². The maximum Gasteiger partial charge on any atom is 0.272 e. The monoisotopic (exact) mass is 443 g/mol. The molecule has 162 valence electrons. The quantitative estimate of drug-likeness (QED) is 0.278. The summed E-state index contributed by atoms with van der Waals surface area (Å²) in [6.07, 6.45) is 0.988. The molecule has 4 aromatic rings. The molecular weight excluding hydrogens is 418 g/mol. The van der Waals surface area contributed by atoms with Crippen LogP contribution in [0.5, 0.6) is 5.75 Å². The molecule has 5 nitrogen and oxygen atoms in total. The summed E-state index contributed by atoms with van der Waals surface area (Å²) in [6, 6.07) is 21.3. The topological polar surface area (TPSA) is 63.6 Å². The second-order valence-electron chi connectivity index (χ2n) is 7.29. The summed E-state index contributed by atoms with van der Waals surface area (Å²) in [6.45, 7) is 6.60. The molecule has 0 fully saturated rings. The largest absolute Gasteiger partial charge is 0.494 e. The number of pyridine rings is 1. The molecular formula is C26H25N3O2S. The number of fused-ring (bicyclic) bond motifs is 1. The first-order valence-corrected chi connectivity index (χ1v) is 11.5. The number of nitrogens with zero attached hydrogens (tertiary/aromatic N) is 2. The zero-order valence-corrected chi connectivity index (χ0v) is 19.2. The first kappa shape index (κ1) is 21.7. The van der Waals surface area contributed by atoms with Crippen molar-refractivity contribution >= 4 is 33.9 Å². The number of rotatable bonds is 7. The van der Waals surface area contributed by atoms with Crippen LogP contribution in [0.3, 0.4) is 0 Å². The normalized spacial score (nSPS) is 11.5. The van der Waals surface area contributed by atoms with Gasteiger partial charge in [-0.2, -0.15) is 5.10 Å².